The van der Waals surface area contributed by atoms with Crippen molar-refractivity contribution in [3.8, 4) is 0 Å². The molecule has 2 nitrogen and oxygen atoms in total. The smallest absolute Gasteiger partial charge is 0.118 e. The van der Waals surface area contributed by atoms with Gasteiger partial charge in [-0.3, -0.25) is 0 Å². The van der Waals surface area contributed by atoms with Gasteiger partial charge in [0.05, 0.1) is 0 Å². The van der Waals surface area contributed by atoms with Crippen molar-refractivity contribution in [3.63, 3.8) is 0 Å². The van der Waals surface area contributed by atoms with Gasteiger partial charge in [0.25, 0.3) is 0 Å². The molecule has 0 amide bonds. The van der Waals surface area contributed by atoms with Gasteiger partial charge in [-0.2, -0.15) is 0 Å². The minimum absolute atomic E-state index is 0.756. The Hall–Kier alpha value is -0.310. The molecular formula is C6H11NOS. The van der Waals surface area contributed by atoms with Crippen LogP contribution in [0.25, 0.3) is 0 Å². The normalized spacial score (nSPS) is 28.1. The molecule has 1 aliphatic rings. The Morgan fingerprint density at radius 2 is 2.44 bits per heavy atom. The second-order valence-electron chi connectivity index (χ2n) is 2.10. The molecule has 1 atom stereocenters. The van der Waals surface area contributed by atoms with Crippen molar-refractivity contribution in [2.75, 3.05) is 12.8 Å². The van der Waals surface area contributed by atoms with E-state index in [9.17, 15) is 4.21 Å². The Kier molecular flexibility index (Phi) is 2.28. The summed E-state index contributed by atoms with van der Waals surface area (Å²) < 4.78 is 12.8. The van der Waals surface area contributed by atoms with Crippen molar-refractivity contribution in [1.82, 2.24) is 4.31 Å². The molecule has 0 N–H and O–H groups in total. The molecule has 52 valence electrons. The molecule has 0 saturated heterocycles. The lowest BCUT2D eigenvalue weighted by Crippen LogP contribution is -2.15. The summed E-state index contributed by atoms with van der Waals surface area (Å²) in [6, 6.07) is 0. The standard InChI is InChI=1S/C6H11NOS/c1-7-5-3-2-4-6-9(7)8/h3,5H,2,4,6H2,1H3. The molecule has 0 spiro atoms. The van der Waals surface area contributed by atoms with Crippen LogP contribution in [0.3, 0.4) is 0 Å². The van der Waals surface area contributed by atoms with Gasteiger partial charge in [-0.05, 0) is 12.8 Å². The number of allylic oxidation sites excluding steroid dienone is 1. The third kappa shape index (κ3) is 1.82. The van der Waals surface area contributed by atoms with Crippen LogP contribution in [0.1, 0.15) is 12.8 Å². The summed E-state index contributed by atoms with van der Waals surface area (Å²) in [6.45, 7) is 0. The molecule has 1 heterocycles. The quantitative estimate of drug-likeness (QED) is 0.495. The van der Waals surface area contributed by atoms with Crippen LogP contribution in [0.2, 0.25) is 0 Å². The molecule has 0 aromatic heterocycles. The molecule has 0 aromatic carbocycles. The summed E-state index contributed by atoms with van der Waals surface area (Å²) in [6.07, 6.45) is 6.07. The van der Waals surface area contributed by atoms with Crippen molar-refractivity contribution < 1.29 is 4.21 Å². The van der Waals surface area contributed by atoms with E-state index >= 15 is 0 Å². The van der Waals surface area contributed by atoms with Crippen LogP contribution >= 0.6 is 0 Å². The van der Waals surface area contributed by atoms with Crippen LogP contribution < -0.4 is 0 Å². The fourth-order valence-electron chi connectivity index (χ4n) is 0.760. The van der Waals surface area contributed by atoms with Crippen molar-refractivity contribution in [2.24, 2.45) is 0 Å². The van der Waals surface area contributed by atoms with E-state index in [1.807, 2.05) is 13.2 Å². The first-order valence-electron chi connectivity index (χ1n) is 3.08. The molecular weight excluding hydrogens is 134 g/mol. The Morgan fingerprint density at radius 3 is 3.22 bits per heavy atom. The molecule has 0 bridgehead atoms. The van der Waals surface area contributed by atoms with Gasteiger partial charge >= 0.3 is 0 Å². The Bertz CT molecular complexity index is 144. The summed E-state index contributed by atoms with van der Waals surface area (Å²) >= 11 is 0. The Morgan fingerprint density at radius 1 is 1.67 bits per heavy atom. The molecule has 0 radical (unpaired) electrons. The maximum Gasteiger partial charge on any atom is 0.118 e. The van der Waals surface area contributed by atoms with Gasteiger partial charge < -0.3 is 4.31 Å². The van der Waals surface area contributed by atoms with E-state index in [-0.39, 0.29) is 0 Å². The lowest BCUT2D eigenvalue weighted by molar-refractivity contribution is 0.630. The average molecular weight is 145 g/mol. The maximum absolute atomic E-state index is 11.0. The zero-order chi connectivity index (χ0) is 6.69. The first-order chi connectivity index (χ1) is 4.30. The molecule has 1 rings (SSSR count). The average Bonchev–Trinajstić information content (AvgIpc) is 1.99. The number of hydrogen-bond donors (Lipinski definition) is 0. The number of nitrogens with zero attached hydrogens (tertiary/aromatic N) is 1. The molecule has 9 heavy (non-hydrogen) atoms. The van der Waals surface area contributed by atoms with E-state index in [1.54, 1.807) is 4.31 Å². The Labute approximate surface area is 58.1 Å². The van der Waals surface area contributed by atoms with Crippen LogP contribution in [0.4, 0.5) is 0 Å². The van der Waals surface area contributed by atoms with Crippen LogP contribution in [0.5, 0.6) is 0 Å². The fourth-order valence-corrected chi connectivity index (χ4v) is 1.68. The summed E-state index contributed by atoms with van der Waals surface area (Å²) in [5, 5.41) is 0. The fraction of sp³-hybridized carbons (Fsp3) is 0.667. The van der Waals surface area contributed by atoms with Gasteiger partial charge in [-0.25, -0.2) is 4.21 Å². The topological polar surface area (TPSA) is 20.3 Å². The predicted molar refractivity (Wildman–Crippen MR) is 39.1 cm³/mol. The van der Waals surface area contributed by atoms with Crippen LogP contribution in [-0.2, 0) is 11.0 Å². The molecule has 3 heteroatoms. The van der Waals surface area contributed by atoms with Crippen molar-refractivity contribution in [3.05, 3.63) is 12.3 Å². The molecule has 0 aromatic rings. The van der Waals surface area contributed by atoms with Crippen molar-refractivity contribution >= 4 is 11.0 Å². The summed E-state index contributed by atoms with van der Waals surface area (Å²) in [4.78, 5) is 0. The lowest BCUT2D eigenvalue weighted by Gasteiger charge is -2.08. The van der Waals surface area contributed by atoms with E-state index in [1.165, 1.54) is 0 Å². The molecule has 1 aliphatic heterocycles. The minimum atomic E-state index is -0.756. The first-order valence-corrected chi connectivity index (χ1v) is 4.36. The number of hydrogen-bond acceptors (Lipinski definition) is 1. The first kappa shape index (κ1) is 6.81. The summed E-state index contributed by atoms with van der Waals surface area (Å²) in [5.74, 6) is 0.809. The van der Waals surface area contributed by atoms with E-state index in [0.717, 1.165) is 18.6 Å². The monoisotopic (exact) mass is 145 g/mol. The van der Waals surface area contributed by atoms with Crippen LogP contribution in [0.15, 0.2) is 12.3 Å². The molecule has 0 fully saturated rings. The summed E-state index contributed by atoms with van der Waals surface area (Å²) in [5.41, 5.74) is 0. The van der Waals surface area contributed by atoms with Crippen LogP contribution in [0, 0.1) is 0 Å². The van der Waals surface area contributed by atoms with Gasteiger partial charge in [0.15, 0.2) is 0 Å². The minimum Gasteiger partial charge on any atom is -0.302 e. The second kappa shape index (κ2) is 3.01. The largest absolute Gasteiger partial charge is 0.302 e. The molecule has 0 saturated carbocycles. The van der Waals surface area contributed by atoms with Gasteiger partial charge in [0, 0.05) is 19.0 Å². The zero-order valence-electron chi connectivity index (χ0n) is 5.54. The third-order valence-corrected chi connectivity index (χ3v) is 2.73. The van der Waals surface area contributed by atoms with Gasteiger partial charge in [0.1, 0.15) is 11.0 Å². The Balaban J connectivity index is 2.56. The van der Waals surface area contributed by atoms with Crippen molar-refractivity contribution in [2.45, 2.75) is 12.8 Å². The second-order valence-corrected chi connectivity index (χ2v) is 3.73. The van der Waals surface area contributed by atoms with Gasteiger partial charge in [0.2, 0.25) is 0 Å². The van der Waals surface area contributed by atoms with E-state index in [2.05, 4.69) is 6.08 Å². The highest BCUT2D eigenvalue weighted by atomic mass is 32.2. The number of rotatable bonds is 0. The maximum atomic E-state index is 11.0. The van der Waals surface area contributed by atoms with Crippen molar-refractivity contribution in [1.29, 1.82) is 0 Å². The highest BCUT2D eigenvalue weighted by molar-refractivity contribution is 7.82. The van der Waals surface area contributed by atoms with E-state index in [4.69, 9.17) is 0 Å². The predicted octanol–water partition coefficient (Wildman–Crippen LogP) is 0.889. The zero-order valence-corrected chi connectivity index (χ0v) is 6.36. The van der Waals surface area contributed by atoms with Gasteiger partial charge in [-0.1, -0.05) is 6.08 Å². The highest BCUT2D eigenvalue weighted by Crippen LogP contribution is 2.04. The molecule has 0 aliphatic carbocycles. The lowest BCUT2D eigenvalue weighted by atomic mass is 10.3. The highest BCUT2D eigenvalue weighted by Gasteiger charge is 2.04. The van der Waals surface area contributed by atoms with Crippen LogP contribution in [-0.4, -0.2) is 21.3 Å². The van der Waals surface area contributed by atoms with E-state index in [0.29, 0.717) is 0 Å². The SMILES string of the molecule is CN1C=CCCCS1=O. The summed E-state index contributed by atoms with van der Waals surface area (Å²) in [7, 11) is 1.09. The van der Waals surface area contributed by atoms with Gasteiger partial charge in [-0.15, -0.1) is 0 Å². The molecule has 1 unspecified atom stereocenters. The van der Waals surface area contributed by atoms with E-state index < -0.39 is 11.0 Å². The third-order valence-electron chi connectivity index (χ3n) is 1.33.